The number of pyridine rings is 1. The van der Waals surface area contributed by atoms with E-state index in [1.165, 1.54) is 4.68 Å². The van der Waals surface area contributed by atoms with Gasteiger partial charge in [-0.2, -0.15) is 9.78 Å². The van der Waals surface area contributed by atoms with Crippen LogP contribution in [0, 0.1) is 0 Å². The molecule has 0 saturated carbocycles. The monoisotopic (exact) mass is 478 g/mol. The number of piperazine rings is 1. The van der Waals surface area contributed by atoms with Gasteiger partial charge in [0.05, 0.1) is 29.5 Å². The number of carbonyl (C=O) groups is 2. The summed E-state index contributed by atoms with van der Waals surface area (Å²) in [6, 6.07) is 9.18. The Morgan fingerprint density at radius 3 is 2.60 bits per heavy atom. The van der Waals surface area contributed by atoms with Crippen molar-refractivity contribution >= 4 is 11.8 Å². The third-order valence-electron chi connectivity index (χ3n) is 6.61. The van der Waals surface area contributed by atoms with Crippen LogP contribution in [0.2, 0.25) is 0 Å². The lowest BCUT2D eigenvalue weighted by molar-refractivity contribution is -0.123. The second kappa shape index (κ2) is 10.0. The standard InChI is InChI=1S/C25H30N6O4/c1-28-15-20(23-21(16-28)25(34)31(27-23)18-6-3-2-4-7-18)24(33)30-11-9-29(10-12-30)17-22(32)26-14-19-8-5-13-35-19/h2-4,6-7,15-16,19H,5,8-14,17H2,1H3,(H,26,32)/t19-/m1/s1. The lowest BCUT2D eigenvalue weighted by Gasteiger charge is -2.34. The normalized spacial score (nSPS) is 18.8. The average molecular weight is 479 g/mol. The maximum atomic E-state index is 13.5. The molecule has 10 nitrogen and oxygen atoms in total. The number of fused-ring (bicyclic) bond motifs is 1. The number of nitrogens with zero attached hydrogens (tertiary/aromatic N) is 5. The molecule has 0 aromatic heterocycles. The Morgan fingerprint density at radius 2 is 1.89 bits per heavy atom. The maximum absolute atomic E-state index is 13.5. The molecular weight excluding hydrogens is 448 g/mol. The van der Waals surface area contributed by atoms with Crippen LogP contribution in [0.15, 0.2) is 47.5 Å². The zero-order valence-corrected chi connectivity index (χ0v) is 19.9. The van der Waals surface area contributed by atoms with Crippen LogP contribution in [0.25, 0.3) is 16.9 Å². The first-order chi connectivity index (χ1) is 17.0. The number of hydrogen-bond acceptors (Lipinski definition) is 6. The number of para-hydroxylation sites is 1. The molecule has 4 heterocycles. The number of aromatic nitrogens is 3. The molecular formula is C25H30N6O4. The first-order valence-electron chi connectivity index (χ1n) is 12.0. The summed E-state index contributed by atoms with van der Waals surface area (Å²) in [7, 11) is 1.79. The Hall–Kier alpha value is -3.50. The molecule has 0 radical (unpaired) electrons. The first-order valence-corrected chi connectivity index (χ1v) is 12.0. The summed E-state index contributed by atoms with van der Waals surface area (Å²) < 4.78 is 8.61. The molecule has 4 aliphatic heterocycles. The van der Waals surface area contributed by atoms with E-state index in [1.807, 2.05) is 30.3 Å². The van der Waals surface area contributed by atoms with E-state index >= 15 is 0 Å². The Bertz CT molecular complexity index is 1220. The number of aryl methyl sites for hydroxylation is 1. The minimum absolute atomic E-state index is 0.0218. The third-order valence-corrected chi connectivity index (χ3v) is 6.61. The molecule has 2 amide bonds. The van der Waals surface area contributed by atoms with Crippen molar-refractivity contribution in [1.82, 2.24) is 29.5 Å². The summed E-state index contributed by atoms with van der Waals surface area (Å²) in [6.45, 7) is 3.84. The molecule has 0 spiro atoms. The summed E-state index contributed by atoms with van der Waals surface area (Å²) in [4.78, 5) is 42.6. The van der Waals surface area contributed by atoms with Crippen molar-refractivity contribution < 1.29 is 14.3 Å². The van der Waals surface area contributed by atoms with Gasteiger partial charge in [-0.3, -0.25) is 19.3 Å². The fourth-order valence-corrected chi connectivity index (χ4v) is 4.71. The number of hydrogen-bond donors (Lipinski definition) is 1. The highest BCUT2D eigenvalue weighted by atomic mass is 16.5. The molecule has 4 aliphatic rings. The predicted octanol–water partition coefficient (Wildman–Crippen LogP) is 0.729. The molecule has 1 aromatic carbocycles. The summed E-state index contributed by atoms with van der Waals surface area (Å²) in [5.41, 5.74) is 1.61. The van der Waals surface area contributed by atoms with Gasteiger partial charge in [0.25, 0.3) is 11.5 Å². The molecule has 1 N–H and O–H groups in total. The van der Waals surface area contributed by atoms with Gasteiger partial charge >= 0.3 is 0 Å². The van der Waals surface area contributed by atoms with E-state index in [0.717, 1.165) is 19.4 Å². The van der Waals surface area contributed by atoms with Crippen molar-refractivity contribution in [3.63, 3.8) is 0 Å². The quantitative estimate of drug-likeness (QED) is 0.561. The van der Waals surface area contributed by atoms with E-state index in [0.29, 0.717) is 61.8 Å². The summed E-state index contributed by atoms with van der Waals surface area (Å²) in [6.07, 6.45) is 5.58. The molecule has 10 heteroatoms. The molecule has 35 heavy (non-hydrogen) atoms. The number of nitrogens with one attached hydrogen (secondary N) is 1. The molecule has 1 atom stereocenters. The van der Waals surface area contributed by atoms with E-state index in [9.17, 15) is 14.4 Å². The molecule has 2 saturated heterocycles. The Kier molecular flexibility index (Phi) is 6.65. The lowest BCUT2D eigenvalue weighted by atomic mass is 10.1. The lowest BCUT2D eigenvalue weighted by Crippen LogP contribution is -2.51. The fourth-order valence-electron chi connectivity index (χ4n) is 4.71. The smallest absolute Gasteiger partial charge is 0.282 e. The molecule has 0 unspecified atom stereocenters. The summed E-state index contributed by atoms with van der Waals surface area (Å²) >= 11 is 0. The van der Waals surface area contributed by atoms with Crippen molar-refractivity contribution in [2.24, 2.45) is 7.05 Å². The van der Waals surface area contributed by atoms with E-state index in [-0.39, 0.29) is 23.5 Å². The first kappa shape index (κ1) is 23.3. The van der Waals surface area contributed by atoms with E-state index in [1.54, 1.807) is 28.9 Å². The molecule has 0 bridgehead atoms. The Balaban J connectivity index is 1.25. The number of rotatable bonds is 6. The van der Waals surface area contributed by atoms with E-state index in [4.69, 9.17) is 4.74 Å². The molecule has 1 aromatic rings. The number of carbonyl (C=O) groups excluding carboxylic acids is 2. The van der Waals surface area contributed by atoms with E-state index in [2.05, 4.69) is 15.3 Å². The summed E-state index contributed by atoms with van der Waals surface area (Å²) in [5, 5.41) is 7.47. The second-order valence-electron chi connectivity index (χ2n) is 9.16. The van der Waals surface area contributed by atoms with Gasteiger partial charge in [-0.15, -0.1) is 0 Å². The average Bonchev–Trinajstić information content (AvgIpc) is 3.51. The summed E-state index contributed by atoms with van der Waals surface area (Å²) in [5.74, 6) is -0.183. The van der Waals surface area contributed by atoms with Crippen molar-refractivity contribution in [1.29, 1.82) is 0 Å². The van der Waals surface area contributed by atoms with Gasteiger partial charge in [-0.25, -0.2) is 0 Å². The van der Waals surface area contributed by atoms with Crippen LogP contribution in [-0.4, -0.2) is 87.9 Å². The second-order valence-corrected chi connectivity index (χ2v) is 9.16. The number of ether oxygens (including phenoxy) is 1. The van der Waals surface area contributed by atoms with Crippen molar-refractivity contribution in [2.45, 2.75) is 18.9 Å². The van der Waals surface area contributed by atoms with Gasteiger partial charge in [0, 0.05) is 58.8 Å². The van der Waals surface area contributed by atoms with Crippen LogP contribution in [0.5, 0.6) is 0 Å². The zero-order chi connectivity index (χ0) is 24.4. The van der Waals surface area contributed by atoms with Crippen LogP contribution in [-0.2, 0) is 16.6 Å². The molecule has 5 rings (SSSR count). The van der Waals surface area contributed by atoms with Gasteiger partial charge in [0.1, 0.15) is 5.69 Å². The van der Waals surface area contributed by atoms with Crippen LogP contribution in [0.3, 0.4) is 0 Å². The van der Waals surface area contributed by atoms with Gasteiger partial charge in [0.2, 0.25) is 5.91 Å². The van der Waals surface area contributed by atoms with Crippen molar-refractivity contribution in [3.05, 3.63) is 58.6 Å². The minimum atomic E-state index is -0.254. The maximum Gasteiger partial charge on any atom is 0.282 e. The van der Waals surface area contributed by atoms with Crippen molar-refractivity contribution in [2.75, 3.05) is 45.9 Å². The van der Waals surface area contributed by atoms with E-state index < -0.39 is 0 Å². The molecule has 184 valence electrons. The van der Waals surface area contributed by atoms with Crippen LogP contribution in [0.4, 0.5) is 0 Å². The largest absolute Gasteiger partial charge is 0.376 e. The number of benzene rings is 1. The minimum Gasteiger partial charge on any atom is -0.376 e. The Morgan fingerprint density at radius 1 is 1.11 bits per heavy atom. The fraction of sp³-hybridized carbons (Fsp3) is 0.440. The van der Waals surface area contributed by atoms with Crippen LogP contribution < -0.4 is 10.9 Å². The third kappa shape index (κ3) is 4.98. The highest BCUT2D eigenvalue weighted by Crippen LogP contribution is 2.23. The van der Waals surface area contributed by atoms with Gasteiger partial charge in [0.15, 0.2) is 0 Å². The highest BCUT2D eigenvalue weighted by molar-refractivity contribution is 6.00. The predicted molar refractivity (Wildman–Crippen MR) is 130 cm³/mol. The van der Waals surface area contributed by atoms with Crippen LogP contribution >= 0.6 is 0 Å². The SMILES string of the molecule is Cn1cc(C(=O)N2CCN(CC(=O)NC[C@H]3CCCO3)CC2)c2nn(-c3ccccc3)c(=O)c-2c1. The topological polar surface area (TPSA) is 102 Å². The van der Waals surface area contributed by atoms with Gasteiger partial charge < -0.3 is 19.5 Å². The number of amides is 2. The Labute approximate surface area is 203 Å². The highest BCUT2D eigenvalue weighted by Gasteiger charge is 2.29. The van der Waals surface area contributed by atoms with Gasteiger partial charge in [-0.05, 0) is 25.0 Å². The molecule has 2 fully saturated rings. The van der Waals surface area contributed by atoms with Gasteiger partial charge in [-0.1, -0.05) is 18.2 Å². The van der Waals surface area contributed by atoms with Crippen LogP contribution in [0.1, 0.15) is 23.2 Å². The zero-order valence-electron chi connectivity index (χ0n) is 19.9. The van der Waals surface area contributed by atoms with Crippen molar-refractivity contribution in [3.8, 4) is 16.9 Å². The molecule has 0 aliphatic carbocycles.